The third-order valence-electron chi connectivity index (χ3n) is 3.49. The van der Waals surface area contributed by atoms with Crippen LogP contribution in [0.15, 0.2) is 0 Å². The van der Waals surface area contributed by atoms with Gasteiger partial charge in [0.15, 0.2) is 0 Å². The summed E-state index contributed by atoms with van der Waals surface area (Å²) in [5.74, 6) is -0.778. The van der Waals surface area contributed by atoms with Crippen LogP contribution >= 0.6 is 0 Å². The van der Waals surface area contributed by atoms with Gasteiger partial charge in [0.25, 0.3) is 0 Å². The smallest absolute Gasteiger partial charge is 0.314 e. The van der Waals surface area contributed by atoms with Crippen molar-refractivity contribution in [3.05, 3.63) is 0 Å². The lowest BCUT2D eigenvalue weighted by molar-refractivity contribution is -0.142. The number of nitrogens with one attached hydrogen (secondary N) is 2. The second-order valence-corrected chi connectivity index (χ2v) is 6.69. The quantitative estimate of drug-likeness (QED) is 0.692. The zero-order chi connectivity index (χ0) is 14.5. The fourth-order valence-corrected chi connectivity index (χ4v) is 2.20. The van der Waals surface area contributed by atoms with Gasteiger partial charge in [-0.05, 0) is 30.6 Å². The minimum Gasteiger partial charge on any atom is -0.481 e. The molecular formula is C14H26N2O3. The summed E-state index contributed by atoms with van der Waals surface area (Å²) in [5, 5.41) is 14.6. The van der Waals surface area contributed by atoms with Gasteiger partial charge in [-0.1, -0.05) is 27.2 Å². The zero-order valence-electron chi connectivity index (χ0n) is 12.2. The van der Waals surface area contributed by atoms with Crippen LogP contribution in [-0.4, -0.2) is 30.2 Å². The Morgan fingerprint density at radius 2 is 1.89 bits per heavy atom. The Hall–Kier alpha value is -1.26. The second kappa shape index (κ2) is 6.78. The molecule has 1 aliphatic rings. The number of urea groups is 1. The topological polar surface area (TPSA) is 78.4 Å². The van der Waals surface area contributed by atoms with Crippen molar-refractivity contribution < 1.29 is 14.7 Å². The number of carboxylic acid groups (broad SMARTS) is 1. The maximum atomic E-state index is 11.6. The number of carbonyl (C=O) groups is 2. The first-order valence-corrected chi connectivity index (χ1v) is 7.02. The molecule has 0 heterocycles. The third kappa shape index (κ3) is 6.45. The Morgan fingerprint density at radius 1 is 1.26 bits per heavy atom. The summed E-state index contributed by atoms with van der Waals surface area (Å²) in [4.78, 5) is 22.7. The molecule has 1 rings (SSSR count). The summed E-state index contributed by atoms with van der Waals surface area (Å²) >= 11 is 0. The number of carbonyl (C=O) groups excluding carboxylic acids is 1. The number of carboxylic acids is 1. The van der Waals surface area contributed by atoms with Crippen LogP contribution in [0.5, 0.6) is 0 Å². The van der Waals surface area contributed by atoms with E-state index < -0.39 is 11.9 Å². The summed E-state index contributed by atoms with van der Waals surface area (Å²) in [5.41, 5.74) is -0.0624. The van der Waals surface area contributed by atoms with Crippen molar-refractivity contribution in [2.75, 3.05) is 13.1 Å². The summed E-state index contributed by atoms with van der Waals surface area (Å²) in [6.07, 6.45) is 4.16. The molecule has 0 spiro atoms. The number of aliphatic carboxylic acids is 1. The molecule has 0 aromatic rings. The Kier molecular flexibility index (Phi) is 5.63. The van der Waals surface area contributed by atoms with E-state index >= 15 is 0 Å². The lowest BCUT2D eigenvalue weighted by Crippen LogP contribution is -2.43. The zero-order valence-corrected chi connectivity index (χ0v) is 12.2. The first-order valence-electron chi connectivity index (χ1n) is 7.02. The van der Waals surface area contributed by atoms with E-state index in [4.69, 9.17) is 5.11 Å². The highest BCUT2D eigenvalue weighted by Gasteiger charge is 2.25. The van der Waals surface area contributed by atoms with E-state index in [2.05, 4.69) is 10.6 Å². The molecule has 0 aromatic carbocycles. The fraction of sp³-hybridized carbons (Fsp3) is 0.857. The van der Waals surface area contributed by atoms with Gasteiger partial charge in [0.1, 0.15) is 0 Å². The largest absolute Gasteiger partial charge is 0.481 e. The molecule has 19 heavy (non-hydrogen) atoms. The molecule has 0 radical (unpaired) electrons. The average Bonchev–Trinajstić information content (AvgIpc) is 2.20. The van der Waals surface area contributed by atoms with Crippen molar-refractivity contribution in [2.45, 2.75) is 46.5 Å². The summed E-state index contributed by atoms with van der Waals surface area (Å²) in [6, 6.07) is -0.257. The van der Waals surface area contributed by atoms with Crippen LogP contribution in [0.1, 0.15) is 46.5 Å². The standard InChI is InChI=1S/C14H26N2O3/c1-14(2,3)7-11(12(17)18)9-16-13(19)15-8-10-5-4-6-10/h10-11H,4-9H2,1-3H3,(H,17,18)(H2,15,16,19). The summed E-state index contributed by atoms with van der Waals surface area (Å²) in [6.45, 7) is 6.88. The normalized spacial score (nSPS) is 17.4. The molecule has 0 saturated heterocycles. The van der Waals surface area contributed by atoms with Gasteiger partial charge >= 0.3 is 12.0 Å². The van der Waals surface area contributed by atoms with Crippen LogP contribution in [0, 0.1) is 17.3 Å². The van der Waals surface area contributed by atoms with Crippen molar-refractivity contribution in [2.24, 2.45) is 17.3 Å². The minimum absolute atomic E-state index is 0.0624. The maximum absolute atomic E-state index is 11.6. The number of hydrogen-bond acceptors (Lipinski definition) is 2. The van der Waals surface area contributed by atoms with E-state index in [-0.39, 0.29) is 18.0 Å². The van der Waals surface area contributed by atoms with E-state index in [1.165, 1.54) is 19.3 Å². The highest BCUT2D eigenvalue weighted by atomic mass is 16.4. The van der Waals surface area contributed by atoms with Crippen molar-refractivity contribution in [1.82, 2.24) is 10.6 Å². The molecule has 1 fully saturated rings. The lowest BCUT2D eigenvalue weighted by atomic mass is 9.84. The minimum atomic E-state index is -0.853. The van der Waals surface area contributed by atoms with Crippen LogP contribution in [0.2, 0.25) is 0 Å². The van der Waals surface area contributed by atoms with E-state index in [0.717, 1.165) is 0 Å². The highest BCUT2D eigenvalue weighted by Crippen LogP contribution is 2.25. The molecule has 5 nitrogen and oxygen atoms in total. The number of hydrogen-bond donors (Lipinski definition) is 3. The van der Waals surface area contributed by atoms with Crippen molar-refractivity contribution >= 4 is 12.0 Å². The summed E-state index contributed by atoms with van der Waals surface area (Å²) in [7, 11) is 0. The van der Waals surface area contributed by atoms with Crippen molar-refractivity contribution in [3.8, 4) is 0 Å². The highest BCUT2D eigenvalue weighted by molar-refractivity contribution is 5.75. The first-order chi connectivity index (χ1) is 8.78. The Morgan fingerprint density at radius 3 is 2.32 bits per heavy atom. The van der Waals surface area contributed by atoms with Crippen molar-refractivity contribution in [1.29, 1.82) is 0 Å². The van der Waals surface area contributed by atoms with Crippen LogP contribution in [0.4, 0.5) is 4.79 Å². The first kappa shape index (κ1) is 15.8. The van der Waals surface area contributed by atoms with Crippen LogP contribution in [-0.2, 0) is 4.79 Å². The molecule has 1 unspecified atom stereocenters. The van der Waals surface area contributed by atoms with Crippen LogP contribution in [0.3, 0.4) is 0 Å². The van der Waals surface area contributed by atoms with Crippen LogP contribution < -0.4 is 10.6 Å². The van der Waals surface area contributed by atoms with E-state index in [0.29, 0.717) is 18.9 Å². The van der Waals surface area contributed by atoms with Gasteiger partial charge in [-0.15, -0.1) is 0 Å². The number of rotatable bonds is 6. The van der Waals surface area contributed by atoms with Gasteiger partial charge in [0, 0.05) is 13.1 Å². The molecule has 1 atom stereocenters. The molecule has 1 saturated carbocycles. The molecule has 1 aliphatic carbocycles. The monoisotopic (exact) mass is 270 g/mol. The Balaban J connectivity index is 2.26. The molecule has 3 N–H and O–H groups in total. The predicted octanol–water partition coefficient (Wildman–Crippen LogP) is 2.22. The molecule has 0 bridgehead atoms. The molecular weight excluding hydrogens is 244 g/mol. The van der Waals surface area contributed by atoms with E-state index in [1.54, 1.807) is 0 Å². The van der Waals surface area contributed by atoms with Gasteiger partial charge in [-0.3, -0.25) is 4.79 Å². The molecule has 0 aromatic heterocycles. The van der Waals surface area contributed by atoms with Gasteiger partial charge in [0.2, 0.25) is 0 Å². The van der Waals surface area contributed by atoms with Gasteiger partial charge in [-0.2, -0.15) is 0 Å². The van der Waals surface area contributed by atoms with Crippen LogP contribution in [0.25, 0.3) is 0 Å². The summed E-state index contributed by atoms with van der Waals surface area (Å²) < 4.78 is 0. The van der Waals surface area contributed by atoms with Gasteiger partial charge < -0.3 is 15.7 Å². The molecule has 5 heteroatoms. The third-order valence-corrected chi connectivity index (χ3v) is 3.49. The maximum Gasteiger partial charge on any atom is 0.314 e. The predicted molar refractivity (Wildman–Crippen MR) is 73.9 cm³/mol. The van der Waals surface area contributed by atoms with Gasteiger partial charge in [-0.25, -0.2) is 4.79 Å². The van der Waals surface area contributed by atoms with Gasteiger partial charge in [0.05, 0.1) is 5.92 Å². The molecule has 2 amide bonds. The Labute approximate surface area is 115 Å². The Bertz CT molecular complexity index is 319. The van der Waals surface area contributed by atoms with E-state index in [9.17, 15) is 9.59 Å². The number of amides is 2. The average molecular weight is 270 g/mol. The fourth-order valence-electron chi connectivity index (χ4n) is 2.20. The SMILES string of the molecule is CC(C)(C)CC(CNC(=O)NCC1CCC1)C(=O)O. The second-order valence-electron chi connectivity index (χ2n) is 6.69. The lowest BCUT2D eigenvalue weighted by Gasteiger charge is -2.26. The van der Waals surface area contributed by atoms with Crippen molar-refractivity contribution in [3.63, 3.8) is 0 Å². The molecule has 110 valence electrons. The van der Waals surface area contributed by atoms with E-state index in [1.807, 2.05) is 20.8 Å². The molecule has 0 aliphatic heterocycles.